The lowest BCUT2D eigenvalue weighted by Gasteiger charge is -2.22. The van der Waals surface area contributed by atoms with E-state index in [0.29, 0.717) is 12.0 Å². The number of nitrogens with two attached hydrogens (primary N) is 1. The summed E-state index contributed by atoms with van der Waals surface area (Å²) in [6.45, 7) is 3.95. The Bertz CT molecular complexity index is 1150. The second-order valence-corrected chi connectivity index (χ2v) is 9.10. The Morgan fingerprint density at radius 1 is 1.09 bits per heavy atom. The quantitative estimate of drug-likeness (QED) is 0.416. The van der Waals surface area contributed by atoms with Crippen LogP contribution in [0, 0.1) is 18.3 Å². The van der Waals surface area contributed by atoms with Crippen LogP contribution in [0.3, 0.4) is 0 Å². The van der Waals surface area contributed by atoms with Gasteiger partial charge < -0.3 is 16.4 Å². The Morgan fingerprint density at radius 3 is 2.41 bits per heavy atom. The summed E-state index contributed by atoms with van der Waals surface area (Å²) in [4.78, 5) is 30.9. The van der Waals surface area contributed by atoms with Crippen LogP contribution in [0.2, 0.25) is 0 Å². The summed E-state index contributed by atoms with van der Waals surface area (Å²) in [5.74, 6) is -0.478. The van der Waals surface area contributed by atoms with Crippen molar-refractivity contribution in [2.24, 2.45) is 5.73 Å². The van der Waals surface area contributed by atoms with Gasteiger partial charge in [-0.25, -0.2) is 4.98 Å². The van der Waals surface area contributed by atoms with Gasteiger partial charge in [-0.05, 0) is 36.6 Å². The first-order valence-corrected chi connectivity index (χ1v) is 12.1. The molecule has 0 aliphatic carbocycles. The van der Waals surface area contributed by atoms with E-state index in [1.807, 2.05) is 49.4 Å². The number of aromatic nitrogens is 1. The molecule has 0 saturated heterocycles. The second-order valence-electron chi connectivity index (χ2n) is 8.02. The molecule has 0 spiro atoms. The van der Waals surface area contributed by atoms with Gasteiger partial charge >= 0.3 is 0 Å². The Morgan fingerprint density at radius 2 is 1.79 bits per heavy atom. The topological polar surface area (TPSA) is 121 Å². The highest BCUT2D eigenvalue weighted by Gasteiger charge is 2.25. The zero-order valence-corrected chi connectivity index (χ0v) is 20.2. The first-order valence-electron chi connectivity index (χ1n) is 11.2. The molecule has 0 fully saturated rings. The van der Waals surface area contributed by atoms with Gasteiger partial charge in [-0.15, -0.1) is 11.3 Å². The maximum atomic E-state index is 13.2. The molecular weight excluding hydrogens is 446 g/mol. The van der Waals surface area contributed by atoms with Gasteiger partial charge in [0, 0.05) is 25.4 Å². The van der Waals surface area contributed by atoms with Crippen molar-refractivity contribution in [2.75, 3.05) is 6.54 Å². The molecule has 4 N–H and O–H groups in total. The van der Waals surface area contributed by atoms with Crippen molar-refractivity contribution >= 4 is 23.2 Å². The average molecular weight is 476 g/mol. The lowest BCUT2D eigenvalue weighted by molar-refractivity contribution is -0.129. The van der Waals surface area contributed by atoms with Crippen molar-refractivity contribution in [3.8, 4) is 16.5 Å². The molecule has 1 aromatic heterocycles. The number of thiazole rings is 1. The highest BCUT2D eigenvalue weighted by molar-refractivity contribution is 7.15. The highest BCUT2D eigenvalue weighted by atomic mass is 32.1. The first kappa shape index (κ1) is 25.1. The number of carbonyl (C=O) groups is 2. The predicted molar refractivity (Wildman–Crippen MR) is 134 cm³/mol. The van der Waals surface area contributed by atoms with E-state index in [0.717, 1.165) is 26.7 Å². The maximum Gasteiger partial charge on any atom is 0.243 e. The fourth-order valence-corrected chi connectivity index (χ4v) is 4.69. The summed E-state index contributed by atoms with van der Waals surface area (Å²) in [6, 6.07) is 18.3. The Balaban J connectivity index is 1.76. The normalized spacial score (nSPS) is 12.4. The monoisotopic (exact) mass is 475 g/mol. The van der Waals surface area contributed by atoms with Crippen LogP contribution in [0.4, 0.5) is 0 Å². The number of aryl methyl sites for hydroxylation is 1. The van der Waals surface area contributed by atoms with Crippen LogP contribution in [0.5, 0.6) is 0 Å². The lowest BCUT2D eigenvalue weighted by atomic mass is 10.1. The molecule has 3 aromatic rings. The zero-order valence-electron chi connectivity index (χ0n) is 19.4. The Labute approximate surface area is 204 Å². The summed E-state index contributed by atoms with van der Waals surface area (Å²) in [5.41, 5.74) is 9.40. The minimum atomic E-state index is -0.753. The first-order chi connectivity index (χ1) is 16.4. The van der Waals surface area contributed by atoms with Crippen LogP contribution in [-0.2, 0) is 22.4 Å². The van der Waals surface area contributed by atoms with Gasteiger partial charge in [-0.2, -0.15) is 5.26 Å². The van der Waals surface area contributed by atoms with Crippen LogP contribution in [-0.4, -0.2) is 35.4 Å². The van der Waals surface area contributed by atoms with Crippen molar-refractivity contribution in [1.82, 2.24) is 15.6 Å². The molecule has 176 valence electrons. The molecule has 0 saturated carbocycles. The smallest absolute Gasteiger partial charge is 0.243 e. The number of nitrogens with zero attached hydrogens (tertiary/aromatic N) is 2. The molecule has 0 aliphatic heterocycles. The van der Waals surface area contributed by atoms with Crippen LogP contribution < -0.4 is 16.4 Å². The van der Waals surface area contributed by atoms with E-state index >= 15 is 0 Å². The molecule has 2 amide bonds. The highest BCUT2D eigenvalue weighted by Crippen LogP contribution is 2.30. The largest absolute Gasteiger partial charge is 0.350 e. The summed E-state index contributed by atoms with van der Waals surface area (Å²) in [7, 11) is 0. The molecule has 2 aromatic carbocycles. The molecule has 8 heteroatoms. The molecule has 3 rings (SSSR count). The SMILES string of the molecule is CCC(=O)NC(Cc1nc(C)c(-c2ccc(C#N)cc2)s1)C(=O)NC(CN)Cc1ccccc1. The van der Waals surface area contributed by atoms with Crippen LogP contribution in [0.1, 0.15) is 35.2 Å². The molecule has 0 radical (unpaired) electrons. The fraction of sp³-hybridized carbons (Fsp3) is 0.308. The third-order valence-corrected chi connectivity index (χ3v) is 6.65. The summed E-state index contributed by atoms with van der Waals surface area (Å²) < 4.78 is 0. The third-order valence-electron chi connectivity index (χ3n) is 5.42. The van der Waals surface area contributed by atoms with Crippen molar-refractivity contribution in [2.45, 2.75) is 45.2 Å². The standard InChI is InChI=1S/C26H29N5O2S/c1-3-23(32)31-22(26(33)30-21(16-28)13-18-7-5-4-6-8-18)14-24-29-17(2)25(34-24)20-11-9-19(15-27)10-12-20/h4-12,21-22H,3,13-14,16,28H2,1-2H3,(H,30,33)(H,31,32). The summed E-state index contributed by atoms with van der Waals surface area (Å²) in [6.07, 6.45) is 1.17. The van der Waals surface area contributed by atoms with Gasteiger partial charge in [0.05, 0.1) is 27.2 Å². The van der Waals surface area contributed by atoms with E-state index in [1.54, 1.807) is 19.1 Å². The Hall–Kier alpha value is -3.54. The second kappa shape index (κ2) is 12.1. The molecule has 34 heavy (non-hydrogen) atoms. The molecular formula is C26H29N5O2S. The van der Waals surface area contributed by atoms with E-state index < -0.39 is 6.04 Å². The third kappa shape index (κ3) is 6.73. The van der Waals surface area contributed by atoms with Crippen molar-refractivity contribution in [3.05, 3.63) is 76.4 Å². The predicted octanol–water partition coefficient (Wildman–Crippen LogP) is 3.11. The number of amides is 2. The summed E-state index contributed by atoms with van der Waals surface area (Å²) in [5, 5.41) is 15.6. The van der Waals surface area contributed by atoms with E-state index in [-0.39, 0.29) is 37.2 Å². The maximum absolute atomic E-state index is 13.2. The van der Waals surface area contributed by atoms with Gasteiger partial charge in [-0.1, -0.05) is 49.4 Å². The minimum Gasteiger partial charge on any atom is -0.350 e. The van der Waals surface area contributed by atoms with E-state index in [2.05, 4.69) is 21.7 Å². The van der Waals surface area contributed by atoms with E-state index in [4.69, 9.17) is 11.0 Å². The van der Waals surface area contributed by atoms with Gasteiger partial charge in [0.2, 0.25) is 11.8 Å². The Kier molecular flexibility index (Phi) is 8.91. The number of benzene rings is 2. The molecule has 0 aliphatic rings. The van der Waals surface area contributed by atoms with Crippen LogP contribution in [0.25, 0.3) is 10.4 Å². The summed E-state index contributed by atoms with van der Waals surface area (Å²) >= 11 is 1.48. The van der Waals surface area contributed by atoms with Crippen molar-refractivity contribution in [3.63, 3.8) is 0 Å². The molecule has 7 nitrogen and oxygen atoms in total. The van der Waals surface area contributed by atoms with E-state index in [9.17, 15) is 9.59 Å². The van der Waals surface area contributed by atoms with E-state index in [1.165, 1.54) is 11.3 Å². The number of nitrogens with one attached hydrogen (secondary N) is 2. The number of nitriles is 1. The van der Waals surface area contributed by atoms with Crippen LogP contribution >= 0.6 is 11.3 Å². The van der Waals surface area contributed by atoms with Crippen LogP contribution in [0.15, 0.2) is 54.6 Å². The van der Waals surface area contributed by atoms with Gasteiger partial charge in [-0.3, -0.25) is 9.59 Å². The lowest BCUT2D eigenvalue weighted by Crippen LogP contribution is -2.52. The molecule has 0 bridgehead atoms. The van der Waals surface area contributed by atoms with Crippen molar-refractivity contribution < 1.29 is 9.59 Å². The fourth-order valence-electron chi connectivity index (χ4n) is 3.58. The molecule has 1 heterocycles. The number of rotatable bonds is 10. The minimum absolute atomic E-state index is 0.201. The molecule has 2 atom stereocenters. The number of carbonyl (C=O) groups excluding carboxylic acids is 2. The molecule has 2 unspecified atom stereocenters. The van der Waals surface area contributed by atoms with Gasteiger partial charge in [0.25, 0.3) is 0 Å². The number of hydrogen-bond acceptors (Lipinski definition) is 6. The average Bonchev–Trinajstić information content (AvgIpc) is 3.23. The van der Waals surface area contributed by atoms with Gasteiger partial charge in [0.15, 0.2) is 0 Å². The van der Waals surface area contributed by atoms with Crippen molar-refractivity contribution in [1.29, 1.82) is 5.26 Å². The number of hydrogen-bond donors (Lipinski definition) is 3. The zero-order chi connectivity index (χ0) is 24.5. The van der Waals surface area contributed by atoms with Gasteiger partial charge in [0.1, 0.15) is 6.04 Å².